The Morgan fingerprint density at radius 3 is 1.73 bits per heavy atom. The Hall–Kier alpha value is -7.96. The Bertz CT molecular complexity index is 2440. The molecule has 25 heteroatoms. The van der Waals surface area contributed by atoms with Crippen LogP contribution >= 0.6 is 0 Å². The van der Waals surface area contributed by atoms with Crippen molar-refractivity contribution in [1.29, 1.82) is 0 Å². The van der Waals surface area contributed by atoms with Gasteiger partial charge in [0, 0.05) is 38.8 Å². The number of benzene rings is 2. The summed E-state index contributed by atoms with van der Waals surface area (Å²) in [5.41, 5.74) is 3.96. The molecule has 1 heterocycles. The molecule has 0 spiro atoms. The van der Waals surface area contributed by atoms with Gasteiger partial charge < -0.3 is 67.3 Å². The molecular weight excluding hydrogens is 985 g/mol. The molecule has 25 nitrogen and oxygen atoms in total. The third kappa shape index (κ3) is 17.0. The minimum atomic E-state index is -1.83. The molecule has 0 radical (unpaired) electrons. The molecule has 8 amide bonds. The molecule has 1 aliphatic carbocycles. The van der Waals surface area contributed by atoms with Crippen molar-refractivity contribution in [3.05, 3.63) is 59.7 Å². The maximum atomic E-state index is 14.6. The van der Waals surface area contributed by atoms with Crippen molar-refractivity contribution in [3.63, 3.8) is 0 Å². The molecule has 0 aromatic heterocycles. The van der Waals surface area contributed by atoms with Crippen LogP contribution in [0, 0.1) is 11.8 Å². The van der Waals surface area contributed by atoms with E-state index in [1.54, 1.807) is 6.92 Å². The van der Waals surface area contributed by atoms with E-state index in [2.05, 4.69) is 31.9 Å². The van der Waals surface area contributed by atoms with E-state index >= 15 is 0 Å². The van der Waals surface area contributed by atoms with Crippen molar-refractivity contribution in [2.45, 2.75) is 128 Å². The highest BCUT2D eigenvalue weighted by Gasteiger charge is 2.45. The van der Waals surface area contributed by atoms with Crippen LogP contribution in [0.1, 0.15) is 96.6 Å². The zero-order chi connectivity index (χ0) is 55.7. The fourth-order valence-electron chi connectivity index (χ4n) is 8.86. The van der Waals surface area contributed by atoms with Crippen LogP contribution in [0.25, 0.3) is 11.1 Å². The van der Waals surface area contributed by atoms with Gasteiger partial charge in [-0.1, -0.05) is 75.7 Å². The lowest BCUT2D eigenvalue weighted by Gasteiger charge is -2.32. The summed E-state index contributed by atoms with van der Waals surface area (Å²) in [5, 5.41) is 55.2. The number of carbonyl (C=O) groups is 12. The molecule has 4 rings (SSSR count). The molecule has 1 aliphatic heterocycles. The number of rotatable bonds is 28. The maximum Gasteiger partial charge on any atom is 0.407 e. The summed E-state index contributed by atoms with van der Waals surface area (Å²) in [6.07, 6.45) is -4.59. The molecule has 0 saturated carbocycles. The second-order valence-electron chi connectivity index (χ2n) is 18.7. The molecule has 2 aromatic rings. The number of amides is 8. The standard InChI is InChI=1S/C50H66N8O17/c1-6-11-34(43(67)48(72)51-22-40(65)66)54-46(70)37-20-28(21-52-50(74)75-24-33-31-14-9-7-12-29(31)30-13-8-10-15-32(30)33)23-58(37)49(73)42(26(4)59)57-47(71)41(25(2)3)56-45(69)36(17-19-39(63)64)55-44(68)35(53-27(5)60)16-18-38(61)62/h7-10,12-15,25-26,28,33-37,41-42,59H,6,11,16-24H2,1-5H3,(H,51,72)(H,52,74)(H,53,60)(H,54,70)(H,55,68)(H,56,69)(H,57,71)(H,61,62)(H,63,64)(H,65,66)/t26?,28-,34-,35-,36-,37-,41-,42-/m0/s1. The number of ether oxygens (including phenoxy) is 1. The molecule has 2 aliphatic rings. The number of aliphatic hydroxyl groups excluding tert-OH is 1. The summed E-state index contributed by atoms with van der Waals surface area (Å²) >= 11 is 0. The molecular formula is C50H66N8O17. The number of fused-ring (bicyclic) bond motifs is 3. The van der Waals surface area contributed by atoms with Crippen LogP contribution in [0.3, 0.4) is 0 Å². The first kappa shape index (κ1) is 59.6. The third-order valence-electron chi connectivity index (χ3n) is 12.6. The lowest BCUT2D eigenvalue weighted by molar-refractivity contribution is -0.145. The smallest absolute Gasteiger partial charge is 0.407 e. The Labute approximate surface area is 431 Å². The molecule has 2 aromatic carbocycles. The van der Waals surface area contributed by atoms with Crippen molar-refractivity contribution in [1.82, 2.24) is 42.1 Å². The minimum Gasteiger partial charge on any atom is -0.481 e. The summed E-state index contributed by atoms with van der Waals surface area (Å²) in [7, 11) is 0. The first-order valence-corrected chi connectivity index (χ1v) is 24.5. The van der Waals surface area contributed by atoms with E-state index in [9.17, 15) is 67.7 Å². The minimum absolute atomic E-state index is 0.0219. The van der Waals surface area contributed by atoms with Gasteiger partial charge in [-0.25, -0.2) is 4.79 Å². The van der Waals surface area contributed by atoms with E-state index in [-0.39, 0.29) is 44.9 Å². The summed E-state index contributed by atoms with van der Waals surface area (Å²) in [5.74, 6) is -14.1. The number of carbonyl (C=O) groups excluding carboxylic acids is 9. The van der Waals surface area contributed by atoms with Gasteiger partial charge in [0.2, 0.25) is 41.2 Å². The van der Waals surface area contributed by atoms with Gasteiger partial charge in [0.05, 0.1) is 12.1 Å². The normalized spacial score (nSPS) is 17.0. The van der Waals surface area contributed by atoms with Crippen molar-refractivity contribution in [2.75, 3.05) is 26.2 Å². The quantitative estimate of drug-likeness (QED) is 0.0480. The van der Waals surface area contributed by atoms with Crippen LogP contribution in [0.2, 0.25) is 0 Å². The van der Waals surface area contributed by atoms with E-state index in [1.807, 2.05) is 53.8 Å². The van der Waals surface area contributed by atoms with Gasteiger partial charge in [-0.05, 0) is 66.7 Å². The Kier molecular flexibility index (Phi) is 22.2. The average molecular weight is 1050 g/mol. The van der Waals surface area contributed by atoms with E-state index < -0.39 is 158 Å². The van der Waals surface area contributed by atoms with Crippen molar-refractivity contribution >= 4 is 71.1 Å². The third-order valence-corrected chi connectivity index (χ3v) is 12.6. The molecule has 1 saturated heterocycles. The van der Waals surface area contributed by atoms with Gasteiger partial charge in [0.15, 0.2) is 0 Å². The van der Waals surface area contributed by atoms with Crippen molar-refractivity contribution < 1.29 is 82.7 Å². The van der Waals surface area contributed by atoms with Crippen molar-refractivity contribution in [2.24, 2.45) is 11.8 Å². The molecule has 11 N–H and O–H groups in total. The van der Waals surface area contributed by atoms with Crippen LogP contribution in [0.15, 0.2) is 48.5 Å². The number of hydrogen-bond donors (Lipinski definition) is 11. The zero-order valence-electron chi connectivity index (χ0n) is 42.2. The first-order chi connectivity index (χ1) is 35.4. The van der Waals surface area contributed by atoms with Gasteiger partial charge >= 0.3 is 24.0 Å². The van der Waals surface area contributed by atoms with Crippen LogP contribution in [-0.2, 0) is 57.5 Å². The molecule has 1 unspecified atom stereocenters. The number of aliphatic carboxylic acids is 3. The Morgan fingerprint density at radius 1 is 0.667 bits per heavy atom. The van der Waals surface area contributed by atoms with Crippen molar-refractivity contribution in [3.8, 4) is 11.1 Å². The molecule has 0 bridgehead atoms. The first-order valence-electron chi connectivity index (χ1n) is 24.5. The SMILES string of the molecule is CCC[C@H](NC(=O)[C@@H]1C[C@@H](CNC(=O)OCC2c3ccccc3-c3ccccc32)CN1C(=O)[C@@H](NC(=O)[C@@H](NC(=O)[C@H](CCC(=O)O)NC(=O)[C@H](CCC(=O)O)NC(C)=O)C(C)C)C(C)O)C(=O)C(=O)NCC(=O)O. The number of Topliss-reactive ketones (excluding diaryl/α,β-unsaturated/α-hetero) is 1. The van der Waals surface area contributed by atoms with E-state index in [0.29, 0.717) is 0 Å². The molecule has 1 fully saturated rings. The summed E-state index contributed by atoms with van der Waals surface area (Å²) < 4.78 is 5.68. The summed E-state index contributed by atoms with van der Waals surface area (Å²) in [4.78, 5) is 156. The maximum absolute atomic E-state index is 14.6. The fourth-order valence-corrected chi connectivity index (χ4v) is 8.86. The van der Waals surface area contributed by atoms with Gasteiger partial charge in [-0.2, -0.15) is 0 Å². The van der Waals surface area contributed by atoms with E-state index in [0.717, 1.165) is 41.0 Å². The van der Waals surface area contributed by atoms with Crippen LogP contribution in [0.4, 0.5) is 4.79 Å². The van der Waals surface area contributed by atoms with Crippen LogP contribution in [-0.4, -0.2) is 165 Å². The number of aliphatic hydroxyl groups is 1. The largest absolute Gasteiger partial charge is 0.481 e. The highest BCUT2D eigenvalue weighted by atomic mass is 16.5. The Morgan fingerprint density at radius 2 is 1.21 bits per heavy atom. The van der Waals surface area contributed by atoms with Gasteiger partial charge in [-0.3, -0.25) is 52.7 Å². The Balaban J connectivity index is 1.56. The van der Waals surface area contributed by atoms with Gasteiger partial charge in [0.1, 0.15) is 43.4 Å². The number of carboxylic acids is 3. The highest BCUT2D eigenvalue weighted by molar-refractivity contribution is 6.38. The number of nitrogens with one attached hydrogen (secondary N) is 7. The second-order valence-corrected chi connectivity index (χ2v) is 18.7. The van der Waals surface area contributed by atoms with E-state index in [1.165, 1.54) is 13.8 Å². The number of carboxylic acid groups (broad SMARTS) is 3. The average Bonchev–Trinajstić information content (AvgIpc) is 3.93. The van der Waals surface area contributed by atoms with Crippen LogP contribution in [0.5, 0.6) is 0 Å². The number of nitrogens with zero attached hydrogens (tertiary/aromatic N) is 1. The molecule has 408 valence electrons. The van der Waals surface area contributed by atoms with Crippen LogP contribution < -0.4 is 37.2 Å². The zero-order valence-corrected chi connectivity index (χ0v) is 42.2. The predicted octanol–water partition coefficient (Wildman–Crippen LogP) is -0.477. The predicted molar refractivity (Wildman–Crippen MR) is 263 cm³/mol. The second kappa shape index (κ2) is 27.9. The molecule has 8 atom stereocenters. The number of hydrogen-bond acceptors (Lipinski definition) is 14. The number of alkyl carbamates (subject to hydrolysis) is 1. The monoisotopic (exact) mass is 1050 g/mol. The van der Waals surface area contributed by atoms with Gasteiger partial charge in [-0.15, -0.1) is 0 Å². The lowest BCUT2D eigenvalue weighted by atomic mass is 9.98. The fraction of sp³-hybridized carbons (Fsp3) is 0.520. The molecule has 75 heavy (non-hydrogen) atoms. The number of likely N-dealkylation sites (tertiary alicyclic amines) is 1. The van der Waals surface area contributed by atoms with Gasteiger partial charge in [0.25, 0.3) is 5.91 Å². The lowest BCUT2D eigenvalue weighted by Crippen LogP contribution is -2.62. The highest BCUT2D eigenvalue weighted by Crippen LogP contribution is 2.44. The summed E-state index contributed by atoms with van der Waals surface area (Å²) in [6, 6.07) is 6.07. The summed E-state index contributed by atoms with van der Waals surface area (Å²) in [6.45, 7) is 5.55. The van der Waals surface area contributed by atoms with E-state index in [4.69, 9.17) is 14.9 Å². The topological polar surface area (TPSA) is 382 Å². The number of ketones is 1.